The molecule has 12 heteroatoms. The Morgan fingerprint density at radius 1 is 1.14 bits per heavy atom. The first-order valence-corrected chi connectivity index (χ1v) is 11.1. The minimum atomic E-state index is -1.04. The van der Waals surface area contributed by atoms with Gasteiger partial charge >= 0.3 is 0 Å². The monoisotopic (exact) mass is 497 g/mol. The zero-order valence-corrected chi connectivity index (χ0v) is 20.1. The molecule has 0 aliphatic heterocycles. The van der Waals surface area contributed by atoms with Crippen molar-refractivity contribution in [3.8, 4) is 11.7 Å². The smallest absolute Gasteiger partial charge is 0.269 e. The fourth-order valence-electron chi connectivity index (χ4n) is 3.19. The second-order valence-corrected chi connectivity index (χ2v) is 8.10. The Labute approximate surface area is 206 Å². The molecule has 11 nitrogen and oxygen atoms in total. The van der Waals surface area contributed by atoms with Gasteiger partial charge in [-0.3, -0.25) is 4.79 Å². The van der Waals surface area contributed by atoms with Crippen molar-refractivity contribution in [3.05, 3.63) is 59.8 Å². The highest BCUT2D eigenvalue weighted by molar-refractivity contribution is 6.32. The number of carbonyl (C=O) groups is 1. The van der Waals surface area contributed by atoms with E-state index in [1.54, 1.807) is 37.7 Å². The summed E-state index contributed by atoms with van der Waals surface area (Å²) in [7, 11) is 1.58. The molecule has 4 aromatic heterocycles. The number of aromatic nitrogens is 6. The van der Waals surface area contributed by atoms with Crippen LogP contribution in [0.2, 0.25) is 5.02 Å². The van der Waals surface area contributed by atoms with Crippen LogP contribution in [0.3, 0.4) is 0 Å². The maximum Gasteiger partial charge on any atom is 0.269 e. The van der Waals surface area contributed by atoms with Crippen LogP contribution in [0, 0.1) is 6.92 Å². The Morgan fingerprint density at radius 3 is 2.74 bits per heavy atom. The first kappa shape index (κ1) is 24.5. The molecule has 0 radical (unpaired) electrons. The van der Waals surface area contributed by atoms with Gasteiger partial charge in [-0.1, -0.05) is 17.7 Å². The van der Waals surface area contributed by atoms with Gasteiger partial charge in [0.15, 0.2) is 11.5 Å². The van der Waals surface area contributed by atoms with Crippen molar-refractivity contribution in [2.24, 2.45) is 0 Å². The summed E-state index contributed by atoms with van der Waals surface area (Å²) in [6.07, 6.45) is 4.81. The van der Waals surface area contributed by atoms with Crippen LogP contribution in [-0.2, 0) is 14.3 Å². The molecule has 4 aromatic rings. The van der Waals surface area contributed by atoms with E-state index in [1.807, 2.05) is 19.9 Å². The van der Waals surface area contributed by atoms with Crippen LogP contribution >= 0.6 is 11.6 Å². The summed E-state index contributed by atoms with van der Waals surface area (Å²) in [6, 6.07) is 6.98. The minimum absolute atomic E-state index is 0.0477. The first-order valence-electron chi connectivity index (χ1n) is 10.8. The highest BCUT2D eigenvalue weighted by Gasteiger charge is 2.25. The number of ether oxygens (including phenoxy) is 3. The van der Waals surface area contributed by atoms with Gasteiger partial charge in [-0.05, 0) is 37.6 Å². The van der Waals surface area contributed by atoms with Gasteiger partial charge in [0.05, 0.1) is 30.5 Å². The highest BCUT2D eigenvalue weighted by atomic mass is 35.5. The molecule has 4 rings (SSSR count). The Kier molecular flexibility index (Phi) is 7.80. The maximum absolute atomic E-state index is 13.1. The lowest BCUT2D eigenvalue weighted by Crippen LogP contribution is -2.38. The summed E-state index contributed by atoms with van der Waals surface area (Å²) >= 11 is 6.28. The molecule has 0 aliphatic carbocycles. The van der Waals surface area contributed by atoms with E-state index in [0.29, 0.717) is 34.3 Å². The number of amides is 1. The van der Waals surface area contributed by atoms with Crippen LogP contribution in [0.25, 0.3) is 16.9 Å². The van der Waals surface area contributed by atoms with Crippen LogP contribution in [0.15, 0.2) is 49.2 Å². The maximum atomic E-state index is 13.1. The quantitative estimate of drug-likeness (QED) is 0.351. The number of nitrogens with one attached hydrogen (secondary N) is 1. The fourth-order valence-corrected chi connectivity index (χ4v) is 3.39. The topological polar surface area (TPSA) is 126 Å². The van der Waals surface area contributed by atoms with Gasteiger partial charge in [-0.2, -0.15) is 9.78 Å². The van der Waals surface area contributed by atoms with Crippen molar-refractivity contribution in [1.29, 1.82) is 0 Å². The summed E-state index contributed by atoms with van der Waals surface area (Å²) in [5.41, 5.74) is 1.39. The average molecular weight is 498 g/mol. The van der Waals surface area contributed by atoms with Crippen molar-refractivity contribution in [2.45, 2.75) is 26.1 Å². The second-order valence-electron chi connectivity index (χ2n) is 7.70. The van der Waals surface area contributed by atoms with Crippen molar-refractivity contribution >= 4 is 34.4 Å². The lowest BCUT2D eigenvalue weighted by Gasteiger charge is -2.20. The van der Waals surface area contributed by atoms with Gasteiger partial charge in [0.25, 0.3) is 5.91 Å². The number of carbonyl (C=O) groups excluding carboxylic acids is 1. The molecular formula is C23H24ClN7O4. The zero-order chi connectivity index (χ0) is 24.8. The van der Waals surface area contributed by atoms with Crippen molar-refractivity contribution < 1.29 is 19.0 Å². The lowest BCUT2D eigenvalue weighted by atomic mass is 10.3. The predicted octanol–water partition coefficient (Wildman–Crippen LogP) is 3.00. The Morgan fingerprint density at radius 2 is 2.00 bits per heavy atom. The van der Waals surface area contributed by atoms with E-state index < -0.39 is 12.0 Å². The van der Waals surface area contributed by atoms with Gasteiger partial charge < -0.3 is 19.5 Å². The van der Waals surface area contributed by atoms with Gasteiger partial charge in [-0.25, -0.2) is 19.9 Å². The van der Waals surface area contributed by atoms with Crippen molar-refractivity contribution in [3.63, 3.8) is 0 Å². The summed E-state index contributed by atoms with van der Waals surface area (Å²) in [5.74, 6) is 0.515. The van der Waals surface area contributed by atoms with E-state index in [1.165, 1.54) is 17.2 Å². The number of hydrogen-bond acceptors (Lipinski definition) is 9. The number of nitrogens with zero attached hydrogens (tertiary/aromatic N) is 6. The number of fused-ring (bicyclic) bond motifs is 1. The van der Waals surface area contributed by atoms with E-state index in [-0.39, 0.29) is 18.6 Å². The summed E-state index contributed by atoms with van der Waals surface area (Å²) < 4.78 is 18.4. The standard InChI is InChI=1S/C23H24ClN7O4/c1-14-6-7-19(26-9-14)30-22(32)18(12-34-15(2)11-33-3)35-23-16-10-29-31(20(16)27-13-28-23)21-17(24)5-4-8-25-21/h4-10,13,15,18H,11-12H2,1-3H3,(H,26,30,32)/t15-,18+/m1/s1. The molecule has 0 aromatic carbocycles. The van der Waals surface area contributed by atoms with Gasteiger partial charge in [0.2, 0.25) is 12.0 Å². The van der Waals surface area contributed by atoms with E-state index in [0.717, 1.165) is 5.56 Å². The number of aryl methyl sites for hydroxylation is 1. The van der Waals surface area contributed by atoms with Gasteiger partial charge in [-0.15, -0.1) is 0 Å². The molecule has 0 fully saturated rings. The van der Waals surface area contributed by atoms with Crippen LogP contribution in [0.4, 0.5) is 5.82 Å². The molecule has 35 heavy (non-hydrogen) atoms. The van der Waals surface area contributed by atoms with E-state index >= 15 is 0 Å². The molecule has 0 saturated heterocycles. The average Bonchev–Trinajstić information content (AvgIpc) is 3.28. The molecule has 0 bridgehead atoms. The molecule has 0 aliphatic rings. The number of methoxy groups -OCH3 is 1. The first-order chi connectivity index (χ1) is 17.0. The van der Waals surface area contributed by atoms with Crippen molar-refractivity contribution in [2.75, 3.05) is 25.6 Å². The Hall–Kier alpha value is -3.67. The number of halogens is 1. The van der Waals surface area contributed by atoms with Crippen molar-refractivity contribution in [1.82, 2.24) is 29.7 Å². The molecule has 0 spiro atoms. The largest absolute Gasteiger partial charge is 0.461 e. The van der Waals surface area contributed by atoms with Crippen LogP contribution in [-0.4, -0.2) is 68.2 Å². The van der Waals surface area contributed by atoms with Gasteiger partial charge in [0, 0.05) is 19.5 Å². The minimum Gasteiger partial charge on any atom is -0.461 e. The van der Waals surface area contributed by atoms with Crippen LogP contribution < -0.4 is 10.1 Å². The molecule has 0 unspecified atom stereocenters. The normalized spacial score (nSPS) is 12.9. The second kappa shape index (κ2) is 11.2. The number of pyridine rings is 2. The number of rotatable bonds is 10. The third-order valence-corrected chi connectivity index (χ3v) is 5.21. The summed E-state index contributed by atoms with van der Waals surface area (Å²) in [4.78, 5) is 30.1. The van der Waals surface area contributed by atoms with Gasteiger partial charge in [0.1, 0.15) is 17.5 Å². The van der Waals surface area contributed by atoms with E-state index in [4.69, 9.17) is 25.8 Å². The summed E-state index contributed by atoms with van der Waals surface area (Å²) in [5, 5.41) is 7.98. The van der Waals surface area contributed by atoms with Crippen LogP contribution in [0.5, 0.6) is 5.88 Å². The fraction of sp³-hybridized carbons (Fsp3) is 0.304. The van der Waals surface area contributed by atoms with E-state index in [9.17, 15) is 4.79 Å². The zero-order valence-electron chi connectivity index (χ0n) is 19.4. The highest BCUT2D eigenvalue weighted by Crippen LogP contribution is 2.26. The predicted molar refractivity (Wildman–Crippen MR) is 129 cm³/mol. The Bertz CT molecular complexity index is 1300. The molecular weight excluding hydrogens is 474 g/mol. The molecule has 1 N–H and O–H groups in total. The molecule has 0 saturated carbocycles. The van der Waals surface area contributed by atoms with Crippen LogP contribution in [0.1, 0.15) is 12.5 Å². The number of anilines is 1. The number of hydrogen-bond donors (Lipinski definition) is 1. The molecule has 4 heterocycles. The lowest BCUT2D eigenvalue weighted by molar-refractivity contribution is -0.127. The third kappa shape index (κ3) is 5.88. The molecule has 2 atom stereocenters. The SMILES string of the molecule is COC[C@@H](C)OC[C@H](Oc1ncnc2c1cnn2-c1ncccc1Cl)C(=O)Nc1ccc(C)cn1. The summed E-state index contributed by atoms with van der Waals surface area (Å²) in [6.45, 7) is 4.06. The molecule has 1 amide bonds. The van der Waals surface area contributed by atoms with E-state index in [2.05, 4.69) is 30.4 Å². The molecule has 182 valence electrons. The Balaban J connectivity index is 1.61. The third-order valence-electron chi connectivity index (χ3n) is 4.91.